The lowest BCUT2D eigenvalue weighted by Gasteiger charge is -2.25. The van der Waals surface area contributed by atoms with Gasteiger partial charge in [0.25, 0.3) is 0 Å². The molecule has 3 aliphatic rings. The number of aliphatic hydroxyl groups excluding tert-OH is 1. The van der Waals surface area contributed by atoms with E-state index in [2.05, 4.69) is 0 Å². The standard InChI is InChI=1S/C10H14O5S3/c1-10(2)14-7-5(11)6(13-8(7)15-10)4-3-16-9(17-4)18-12/h4-8,11H,3H2,1-2H3/t4-,5-,6+,7+,8+/m0/s1. The number of hydrogen-bond acceptors (Lipinski definition) is 7. The first-order valence-electron chi connectivity index (χ1n) is 5.65. The van der Waals surface area contributed by atoms with Gasteiger partial charge in [-0.2, -0.15) is 0 Å². The summed E-state index contributed by atoms with van der Waals surface area (Å²) >= 11 is 3.52. The number of thioether (sulfide) groups is 2. The molecule has 5 nitrogen and oxygen atoms in total. The molecule has 0 unspecified atom stereocenters. The predicted octanol–water partition coefficient (Wildman–Crippen LogP) is 0.373. The third-order valence-corrected chi connectivity index (χ3v) is 6.83. The summed E-state index contributed by atoms with van der Waals surface area (Å²) in [6.45, 7) is 3.60. The second kappa shape index (κ2) is 4.76. The molecule has 3 rings (SSSR count). The highest BCUT2D eigenvalue weighted by Gasteiger charge is 2.56. The molecule has 102 valence electrons. The molecule has 0 bridgehead atoms. The zero-order chi connectivity index (χ0) is 12.9. The Labute approximate surface area is 117 Å². The minimum atomic E-state index is -0.707. The highest BCUT2D eigenvalue weighted by Crippen LogP contribution is 2.43. The van der Waals surface area contributed by atoms with E-state index in [9.17, 15) is 9.32 Å². The Morgan fingerprint density at radius 2 is 2.17 bits per heavy atom. The van der Waals surface area contributed by atoms with Gasteiger partial charge in [-0.25, -0.2) is 4.21 Å². The maximum Gasteiger partial charge on any atom is 0.190 e. The largest absolute Gasteiger partial charge is 0.387 e. The van der Waals surface area contributed by atoms with Gasteiger partial charge in [-0.15, -0.1) is 11.8 Å². The summed E-state index contributed by atoms with van der Waals surface area (Å²) in [5, 5.41) is 10.3. The highest BCUT2D eigenvalue weighted by molar-refractivity contribution is 8.48. The lowest BCUT2D eigenvalue weighted by Crippen LogP contribution is -2.39. The minimum Gasteiger partial charge on any atom is -0.387 e. The molecule has 0 amide bonds. The molecule has 18 heavy (non-hydrogen) atoms. The van der Waals surface area contributed by atoms with Crippen molar-refractivity contribution >= 4 is 38.3 Å². The molecule has 0 spiro atoms. The van der Waals surface area contributed by atoms with Gasteiger partial charge in [0.2, 0.25) is 0 Å². The summed E-state index contributed by atoms with van der Waals surface area (Å²) in [5.41, 5.74) is 0. The van der Waals surface area contributed by atoms with Crippen molar-refractivity contribution in [3.8, 4) is 0 Å². The smallest absolute Gasteiger partial charge is 0.190 e. The Morgan fingerprint density at radius 1 is 1.39 bits per heavy atom. The summed E-state index contributed by atoms with van der Waals surface area (Å²) in [7, 11) is 0. The van der Waals surface area contributed by atoms with Crippen molar-refractivity contribution in [1.29, 1.82) is 0 Å². The molecular weight excluding hydrogens is 296 g/mol. The second-order valence-corrected chi connectivity index (χ2v) is 8.49. The van der Waals surface area contributed by atoms with E-state index in [4.69, 9.17) is 14.2 Å². The summed E-state index contributed by atoms with van der Waals surface area (Å²) in [6.07, 6.45) is -1.97. The van der Waals surface area contributed by atoms with Crippen LogP contribution in [0.5, 0.6) is 0 Å². The molecule has 0 saturated carbocycles. The SMILES string of the molecule is CC1(C)O[C@H]2O[C@H]([C@@H]3CSC(=S=O)S3)[C@H](O)[C@H]2O1. The van der Waals surface area contributed by atoms with Crippen LogP contribution in [0.1, 0.15) is 13.8 Å². The fourth-order valence-corrected chi connectivity index (χ4v) is 5.72. The third-order valence-electron chi connectivity index (χ3n) is 3.10. The van der Waals surface area contributed by atoms with E-state index in [1.165, 1.54) is 23.5 Å². The van der Waals surface area contributed by atoms with Crippen LogP contribution in [0.2, 0.25) is 0 Å². The van der Waals surface area contributed by atoms with E-state index in [1.807, 2.05) is 0 Å². The van der Waals surface area contributed by atoms with Crippen LogP contribution in [0, 0.1) is 0 Å². The molecule has 0 aromatic rings. The zero-order valence-electron chi connectivity index (χ0n) is 9.90. The van der Waals surface area contributed by atoms with Crippen molar-refractivity contribution < 1.29 is 23.5 Å². The Balaban J connectivity index is 1.70. The first-order chi connectivity index (χ1) is 8.50. The summed E-state index contributed by atoms with van der Waals surface area (Å²) < 4.78 is 28.5. The van der Waals surface area contributed by atoms with Gasteiger partial charge in [-0.1, -0.05) is 11.8 Å². The number of fused-ring (bicyclic) bond motifs is 1. The van der Waals surface area contributed by atoms with Crippen molar-refractivity contribution in [2.75, 3.05) is 5.75 Å². The molecule has 3 fully saturated rings. The van der Waals surface area contributed by atoms with E-state index in [1.54, 1.807) is 13.8 Å². The van der Waals surface area contributed by atoms with Gasteiger partial charge >= 0.3 is 0 Å². The fourth-order valence-electron chi connectivity index (χ4n) is 2.37. The van der Waals surface area contributed by atoms with E-state index in [0.717, 1.165) is 9.28 Å². The molecule has 0 aromatic carbocycles. The average Bonchev–Trinajstić information content (AvgIpc) is 2.94. The van der Waals surface area contributed by atoms with Gasteiger partial charge in [0.15, 0.2) is 12.1 Å². The fraction of sp³-hybridized carbons (Fsp3) is 0.900. The van der Waals surface area contributed by atoms with Gasteiger partial charge in [-0.3, -0.25) is 0 Å². The van der Waals surface area contributed by atoms with Crippen LogP contribution in [-0.4, -0.2) is 54.2 Å². The van der Waals surface area contributed by atoms with Crippen LogP contribution < -0.4 is 0 Å². The third kappa shape index (κ3) is 2.28. The molecule has 3 aliphatic heterocycles. The van der Waals surface area contributed by atoms with Gasteiger partial charge in [0, 0.05) is 11.0 Å². The molecule has 1 N–H and O–H groups in total. The van der Waals surface area contributed by atoms with E-state index < -0.39 is 24.3 Å². The van der Waals surface area contributed by atoms with Crippen LogP contribution in [0.3, 0.4) is 0 Å². The maximum absolute atomic E-state index is 10.7. The molecule has 8 heteroatoms. The number of ether oxygens (including phenoxy) is 3. The topological polar surface area (TPSA) is 65.0 Å². The number of aliphatic hydroxyl groups is 1. The molecule has 3 heterocycles. The Hall–Kier alpha value is 0.430. The normalized spacial score (nSPS) is 46.4. The second-order valence-electron chi connectivity index (χ2n) is 4.86. The van der Waals surface area contributed by atoms with Gasteiger partial charge in [-0.05, 0) is 13.8 Å². The molecule has 0 radical (unpaired) electrons. The zero-order valence-corrected chi connectivity index (χ0v) is 12.3. The van der Waals surface area contributed by atoms with E-state index >= 15 is 0 Å². The molecule has 0 aromatic heterocycles. The number of hydrogen-bond donors (Lipinski definition) is 1. The van der Waals surface area contributed by atoms with Crippen molar-refractivity contribution in [3.05, 3.63) is 0 Å². The monoisotopic (exact) mass is 310 g/mol. The Bertz CT molecular complexity index is 408. The van der Waals surface area contributed by atoms with Crippen LogP contribution >= 0.6 is 23.5 Å². The van der Waals surface area contributed by atoms with Crippen molar-refractivity contribution in [1.82, 2.24) is 0 Å². The van der Waals surface area contributed by atoms with Crippen molar-refractivity contribution in [2.45, 2.75) is 49.5 Å². The highest BCUT2D eigenvalue weighted by atomic mass is 32.2. The first kappa shape index (κ1) is 13.4. The van der Waals surface area contributed by atoms with Gasteiger partial charge in [0.1, 0.15) is 33.1 Å². The summed E-state index contributed by atoms with van der Waals surface area (Å²) in [4.78, 5) is 0. The van der Waals surface area contributed by atoms with Crippen molar-refractivity contribution in [2.24, 2.45) is 0 Å². The molecule has 3 saturated heterocycles. The molecule has 0 aliphatic carbocycles. The van der Waals surface area contributed by atoms with Crippen molar-refractivity contribution in [3.63, 3.8) is 0 Å². The predicted molar refractivity (Wildman–Crippen MR) is 71.7 cm³/mol. The lowest BCUT2D eigenvalue weighted by atomic mass is 10.1. The van der Waals surface area contributed by atoms with Gasteiger partial charge in [0.05, 0.1) is 0 Å². The minimum absolute atomic E-state index is 0.0855. The van der Waals surface area contributed by atoms with Gasteiger partial charge < -0.3 is 19.3 Å². The molecule has 5 atom stereocenters. The maximum atomic E-state index is 10.7. The number of rotatable bonds is 1. The van der Waals surface area contributed by atoms with E-state index in [-0.39, 0.29) is 11.4 Å². The Kier molecular flexibility index (Phi) is 3.55. The van der Waals surface area contributed by atoms with Crippen LogP contribution in [0.15, 0.2) is 0 Å². The van der Waals surface area contributed by atoms with E-state index in [0.29, 0.717) is 11.3 Å². The Morgan fingerprint density at radius 3 is 2.78 bits per heavy atom. The quantitative estimate of drug-likeness (QED) is 0.702. The van der Waals surface area contributed by atoms with Crippen LogP contribution in [0.4, 0.5) is 0 Å². The lowest BCUT2D eigenvalue weighted by molar-refractivity contribution is -0.214. The summed E-state index contributed by atoms with van der Waals surface area (Å²) in [5.74, 6) is 0.0702. The first-order valence-corrected chi connectivity index (χ1v) is 8.26. The van der Waals surface area contributed by atoms with Crippen LogP contribution in [0.25, 0.3) is 0 Å². The summed E-state index contributed by atoms with van der Waals surface area (Å²) in [6, 6.07) is 0. The average molecular weight is 310 g/mol. The van der Waals surface area contributed by atoms with Crippen LogP contribution in [-0.2, 0) is 25.5 Å². The molecular formula is C10H14O5S3.